The van der Waals surface area contributed by atoms with E-state index in [1.165, 1.54) is 0 Å². The zero-order chi connectivity index (χ0) is 5.45. The van der Waals surface area contributed by atoms with E-state index in [-0.39, 0.29) is 17.8 Å². The maximum absolute atomic E-state index is 5.04. The van der Waals surface area contributed by atoms with Crippen molar-refractivity contribution in [2.24, 2.45) is 0 Å². The first-order valence-electron chi connectivity index (χ1n) is 0.668. The largest absolute Gasteiger partial charge is 0.369 e. The average Bonchev–Trinajstić information content (AvgIpc) is 0.650. The fourth-order valence-corrected chi connectivity index (χ4v) is 0. The molecule has 0 aliphatic rings. The first kappa shape index (κ1) is 22.4. The predicted octanol–water partition coefficient (Wildman–Crippen LogP) is 3.37. The van der Waals surface area contributed by atoms with E-state index in [0.717, 1.165) is 0 Å². The molecule has 0 amide bonds. The normalized spacial score (nSPS) is 12.8. The van der Waals surface area contributed by atoms with Gasteiger partial charge in [-0.1, -0.05) is 0 Å². The van der Waals surface area contributed by atoms with E-state index in [4.69, 9.17) is 48.2 Å². The third kappa shape index (κ3) is 164. The SMILES string of the molecule is O.[Cl][Os]([Cl])([Cl])([Cl])[Cl].[NH4+].[NH4+]. The molecule has 0 heterocycles. The van der Waals surface area contributed by atoms with Crippen molar-refractivity contribution in [1.82, 2.24) is 12.3 Å². The van der Waals surface area contributed by atoms with Crippen LogP contribution in [-0.2, 0) is 8.83 Å². The van der Waals surface area contributed by atoms with Gasteiger partial charge in [0.15, 0.2) is 0 Å². The van der Waals surface area contributed by atoms with Crippen LogP contribution in [-0.4, -0.2) is 5.48 Å². The molecule has 0 aromatic rings. The minimum Gasteiger partial charge on any atom is -0.369 e. The fraction of sp³-hybridized carbons (Fsp3) is 0. The molecule has 0 radical (unpaired) electrons. The molecule has 0 rings (SSSR count). The molecule has 9 heavy (non-hydrogen) atoms. The van der Waals surface area contributed by atoms with E-state index in [0.29, 0.717) is 0 Å². The summed E-state index contributed by atoms with van der Waals surface area (Å²) in [5.74, 6) is 0. The van der Waals surface area contributed by atoms with Gasteiger partial charge in [-0.25, -0.2) is 0 Å². The van der Waals surface area contributed by atoms with Gasteiger partial charge in [0, 0.05) is 0 Å². The standard InChI is InChI=1S/5ClH.2H3N.H2O.Os/h5*1H;2*1H3;1H2;/q;;;;;;;;+5/p-3. The van der Waals surface area contributed by atoms with Crippen molar-refractivity contribution < 1.29 is 14.3 Å². The van der Waals surface area contributed by atoms with Crippen LogP contribution < -0.4 is 12.3 Å². The van der Waals surface area contributed by atoms with Crippen molar-refractivity contribution in [3.8, 4) is 0 Å². The smallest absolute Gasteiger partial charge is 0.369 e. The summed E-state index contributed by atoms with van der Waals surface area (Å²) in [6.07, 6.45) is 0. The molecule has 0 bridgehead atoms. The molecule has 0 fully saturated rings. The van der Waals surface area contributed by atoms with Gasteiger partial charge in [-0.15, -0.1) is 0 Å². The van der Waals surface area contributed by atoms with E-state index < -0.39 is 8.83 Å². The minimum atomic E-state index is -4.29. The average molecular weight is 422 g/mol. The van der Waals surface area contributed by atoms with Crippen molar-refractivity contribution in [2.45, 2.75) is 0 Å². The first-order chi connectivity index (χ1) is 2.24. The molecule has 0 aliphatic heterocycles. The number of hydrogen-bond donors (Lipinski definition) is 2. The molecule has 0 atom stereocenters. The van der Waals surface area contributed by atoms with Crippen molar-refractivity contribution in [1.29, 1.82) is 0 Å². The van der Waals surface area contributed by atoms with Crippen LogP contribution in [0.15, 0.2) is 0 Å². The summed E-state index contributed by atoms with van der Waals surface area (Å²) in [5.41, 5.74) is 0. The summed E-state index contributed by atoms with van der Waals surface area (Å²) in [6.45, 7) is 0. The summed E-state index contributed by atoms with van der Waals surface area (Å²) in [6, 6.07) is 0. The Morgan fingerprint density at radius 3 is 0.667 bits per heavy atom. The summed E-state index contributed by atoms with van der Waals surface area (Å²) >= 11 is 0. The van der Waals surface area contributed by atoms with Crippen molar-refractivity contribution in [3.05, 3.63) is 0 Å². The second kappa shape index (κ2) is 5.60. The van der Waals surface area contributed by atoms with Gasteiger partial charge in [-0.05, 0) is 0 Å². The Kier molecular flexibility index (Phi) is 14.0. The van der Waals surface area contributed by atoms with Gasteiger partial charge in [0.05, 0.1) is 0 Å². The minimum absolute atomic E-state index is 0. The summed E-state index contributed by atoms with van der Waals surface area (Å²) in [4.78, 5) is 0. The number of hydrogen-bond acceptors (Lipinski definition) is 0. The van der Waals surface area contributed by atoms with Gasteiger partial charge >= 0.3 is 57.0 Å². The number of quaternary nitrogens is 2. The Hall–Kier alpha value is 1.97. The van der Waals surface area contributed by atoms with Crippen LogP contribution in [0.3, 0.4) is 0 Å². The van der Waals surface area contributed by atoms with Crippen LogP contribution in [0.2, 0.25) is 0 Å². The molecule has 10 N–H and O–H groups in total. The van der Waals surface area contributed by atoms with Crippen molar-refractivity contribution in [3.63, 3.8) is 0 Å². The molecule has 0 aromatic heterocycles. The van der Waals surface area contributed by atoms with Crippen molar-refractivity contribution >= 4 is 48.2 Å². The van der Waals surface area contributed by atoms with Crippen molar-refractivity contribution in [2.75, 3.05) is 0 Å². The summed E-state index contributed by atoms with van der Waals surface area (Å²) < 4.78 is 0. The first-order valence-corrected chi connectivity index (χ1v) is 16.4. The van der Waals surface area contributed by atoms with E-state index in [1.807, 2.05) is 0 Å². The van der Waals surface area contributed by atoms with Gasteiger partial charge in [0.1, 0.15) is 0 Å². The van der Waals surface area contributed by atoms with E-state index in [2.05, 4.69) is 0 Å². The quantitative estimate of drug-likeness (QED) is 0.599. The Labute approximate surface area is 74.3 Å². The topological polar surface area (TPSA) is 104 Å². The molecule has 67 valence electrons. The summed E-state index contributed by atoms with van der Waals surface area (Å²) in [5, 5.41) is 0. The molecule has 3 nitrogen and oxygen atoms in total. The van der Waals surface area contributed by atoms with Gasteiger partial charge in [-0.3, -0.25) is 0 Å². The second-order valence-electron chi connectivity index (χ2n) is 0.505. The Balaban J connectivity index is -0.0000000417. The fourth-order valence-electron chi connectivity index (χ4n) is 0. The maximum atomic E-state index is 5.04. The van der Waals surface area contributed by atoms with Crippen LogP contribution in [0.5, 0.6) is 0 Å². The van der Waals surface area contributed by atoms with Gasteiger partial charge < -0.3 is 17.8 Å². The molecule has 0 saturated carbocycles. The molecule has 0 aliphatic carbocycles. The van der Waals surface area contributed by atoms with Crippen LogP contribution in [0.25, 0.3) is 0 Å². The van der Waals surface area contributed by atoms with Gasteiger partial charge in [0.2, 0.25) is 0 Å². The van der Waals surface area contributed by atoms with E-state index in [9.17, 15) is 0 Å². The van der Waals surface area contributed by atoms with Gasteiger partial charge in [0.25, 0.3) is 0 Å². The molecular formula is H10Cl5N2OOs+2. The van der Waals surface area contributed by atoms with Crippen LogP contribution in [0.4, 0.5) is 0 Å². The molecular weight excluding hydrogens is 412 g/mol. The predicted molar refractivity (Wildman–Crippen MR) is 44.8 cm³/mol. The van der Waals surface area contributed by atoms with E-state index in [1.54, 1.807) is 0 Å². The monoisotopic (exact) mass is 421 g/mol. The Morgan fingerprint density at radius 1 is 0.667 bits per heavy atom. The van der Waals surface area contributed by atoms with Crippen LogP contribution in [0.1, 0.15) is 0 Å². The number of rotatable bonds is 0. The summed E-state index contributed by atoms with van der Waals surface area (Å²) in [7, 11) is 20.9. The second-order valence-corrected chi connectivity index (χ2v) is 37.2. The molecule has 0 unspecified atom stereocenters. The third-order valence-electron chi connectivity index (χ3n) is 0. The van der Waals surface area contributed by atoms with Crippen LogP contribution >= 0.6 is 48.2 Å². The Bertz CT molecular complexity index is 48.1. The van der Waals surface area contributed by atoms with Gasteiger partial charge in [-0.2, -0.15) is 0 Å². The zero-order valence-electron chi connectivity index (χ0n) is 4.74. The maximum Gasteiger partial charge on any atom is -0.369 e. The number of halogens is 5. The zero-order valence-corrected chi connectivity index (χ0v) is 11.1. The third-order valence-corrected chi connectivity index (χ3v) is 0. The molecule has 0 aromatic carbocycles. The molecule has 0 saturated heterocycles. The molecule has 0 spiro atoms. The molecule has 9 heteroatoms. The van der Waals surface area contributed by atoms with Crippen LogP contribution in [0, 0.1) is 0 Å². The Morgan fingerprint density at radius 2 is 0.667 bits per heavy atom. The van der Waals surface area contributed by atoms with E-state index >= 15 is 0 Å².